The van der Waals surface area contributed by atoms with Gasteiger partial charge < -0.3 is 35.5 Å². The first-order chi connectivity index (χ1) is 32.9. The normalized spacial score (nSPS) is 26.1. The third-order valence-electron chi connectivity index (χ3n) is 16.2. The van der Waals surface area contributed by atoms with Gasteiger partial charge in [0.25, 0.3) is 5.69 Å². The summed E-state index contributed by atoms with van der Waals surface area (Å²) < 4.78 is 16.5. The largest absolute Gasteiger partial charge is 0.514 e. The summed E-state index contributed by atoms with van der Waals surface area (Å²) in [6.45, 7) is 16.4. The molecule has 4 N–H and O–H groups in total. The lowest BCUT2D eigenvalue weighted by atomic mass is 9.47. The first-order valence-corrected chi connectivity index (χ1v) is 25.5. The number of nitro benzene ring substituents is 1. The predicted octanol–water partition coefficient (Wildman–Crippen LogP) is 9.97. The minimum absolute atomic E-state index is 0.0213. The molecule has 0 heterocycles. The number of ether oxygens (including phenoxy) is 3. The molecule has 0 radical (unpaired) electrons. The Kier molecular flexibility index (Phi) is 18.5. The Morgan fingerprint density at radius 3 is 2.22 bits per heavy atom. The standard InChI is InChI=1S/C54H77N5O10/c1-34(2)10-8-11-35(3)45-22-23-46-44-21-14-39-32-43(26-28-53(39,6)47(44)27-29-54(45,46)7)67-31-9-30-55-48(60)24-25-49(61)56-36(4)50(62)57-37(5)51(63)58-40-15-12-38(13-16-40)33-68-52(64)69-42-19-17-41(18-20-42)59(65)66/h12-20,34-37,43-47H,8-11,21-33H2,1-7H3,(H,55,60)(H,56,61)(H,57,62)(H,58,63)/t35-,36+,37+,43+,44+,45-,46?,47+,53+,54-/m1/s1. The summed E-state index contributed by atoms with van der Waals surface area (Å²) in [5.41, 5.74) is 3.28. The number of nitro groups is 1. The smallest absolute Gasteiger partial charge is 0.429 e. The van der Waals surface area contributed by atoms with Crippen molar-refractivity contribution in [3.05, 3.63) is 75.9 Å². The van der Waals surface area contributed by atoms with E-state index in [-0.39, 0.29) is 48.3 Å². The van der Waals surface area contributed by atoms with Gasteiger partial charge in [0.1, 0.15) is 24.4 Å². The van der Waals surface area contributed by atoms with Crippen LogP contribution >= 0.6 is 0 Å². The number of fused-ring (bicyclic) bond motifs is 5. The van der Waals surface area contributed by atoms with Crippen molar-refractivity contribution in [1.82, 2.24) is 16.0 Å². The summed E-state index contributed by atoms with van der Waals surface area (Å²) in [5, 5.41) is 21.6. The van der Waals surface area contributed by atoms with Crippen molar-refractivity contribution >= 4 is 41.2 Å². The second-order valence-electron chi connectivity index (χ2n) is 21.3. The van der Waals surface area contributed by atoms with E-state index in [2.05, 4.69) is 62.0 Å². The van der Waals surface area contributed by atoms with E-state index in [1.165, 1.54) is 95.9 Å². The molecule has 0 saturated heterocycles. The second kappa shape index (κ2) is 24.0. The molecule has 69 heavy (non-hydrogen) atoms. The fraction of sp³-hybridized carbons (Fsp3) is 0.648. The van der Waals surface area contributed by atoms with E-state index < -0.39 is 40.9 Å². The lowest BCUT2D eigenvalue weighted by Crippen LogP contribution is -2.51. The van der Waals surface area contributed by atoms with Crippen molar-refractivity contribution in [3.8, 4) is 5.75 Å². The summed E-state index contributed by atoms with van der Waals surface area (Å²) in [4.78, 5) is 73.1. The molecule has 10 atom stereocenters. The van der Waals surface area contributed by atoms with E-state index in [0.29, 0.717) is 36.2 Å². The summed E-state index contributed by atoms with van der Waals surface area (Å²) >= 11 is 0. The highest BCUT2D eigenvalue weighted by molar-refractivity contribution is 5.98. The molecule has 2 aromatic carbocycles. The maximum Gasteiger partial charge on any atom is 0.514 e. The zero-order valence-corrected chi connectivity index (χ0v) is 41.9. The van der Waals surface area contributed by atoms with Gasteiger partial charge in [-0.3, -0.25) is 29.3 Å². The Balaban J connectivity index is 0.815. The molecule has 1 unspecified atom stereocenters. The molecular formula is C54H77N5O10. The molecular weight excluding hydrogens is 879 g/mol. The van der Waals surface area contributed by atoms with Crippen molar-refractivity contribution in [3.63, 3.8) is 0 Å². The van der Waals surface area contributed by atoms with Crippen molar-refractivity contribution < 1.29 is 43.1 Å². The van der Waals surface area contributed by atoms with Crippen LogP contribution in [0.3, 0.4) is 0 Å². The number of anilines is 1. The van der Waals surface area contributed by atoms with Crippen LogP contribution in [0, 0.1) is 56.5 Å². The third-order valence-corrected chi connectivity index (χ3v) is 16.2. The fourth-order valence-corrected chi connectivity index (χ4v) is 12.3. The van der Waals surface area contributed by atoms with Crippen LogP contribution in [-0.4, -0.2) is 66.0 Å². The van der Waals surface area contributed by atoms with Crippen LogP contribution in [0.5, 0.6) is 5.75 Å². The molecule has 3 fully saturated rings. The molecule has 0 spiro atoms. The maximum absolute atomic E-state index is 12.8. The average Bonchev–Trinajstić information content (AvgIpc) is 3.67. The van der Waals surface area contributed by atoms with Crippen LogP contribution in [0.2, 0.25) is 0 Å². The number of nitrogens with one attached hydrogen (secondary N) is 4. The van der Waals surface area contributed by atoms with Gasteiger partial charge in [-0.15, -0.1) is 0 Å². The highest BCUT2D eigenvalue weighted by atomic mass is 16.7. The number of amides is 4. The van der Waals surface area contributed by atoms with Gasteiger partial charge in [-0.25, -0.2) is 4.79 Å². The number of nitrogens with zero attached hydrogens (tertiary/aromatic N) is 1. The second-order valence-corrected chi connectivity index (χ2v) is 21.3. The van der Waals surface area contributed by atoms with E-state index >= 15 is 0 Å². The lowest BCUT2D eigenvalue weighted by Gasteiger charge is -2.58. The van der Waals surface area contributed by atoms with Gasteiger partial charge in [0.2, 0.25) is 23.6 Å². The highest BCUT2D eigenvalue weighted by Gasteiger charge is 2.59. The zero-order chi connectivity index (χ0) is 49.9. The summed E-state index contributed by atoms with van der Waals surface area (Å²) in [6, 6.07) is 9.53. The van der Waals surface area contributed by atoms with Crippen LogP contribution in [0.4, 0.5) is 16.2 Å². The van der Waals surface area contributed by atoms with Crippen molar-refractivity contribution in [2.24, 2.45) is 46.3 Å². The minimum Gasteiger partial charge on any atom is -0.429 e. The Hall–Kier alpha value is -5.31. The van der Waals surface area contributed by atoms with E-state index in [4.69, 9.17) is 14.2 Å². The molecule has 3 saturated carbocycles. The van der Waals surface area contributed by atoms with Gasteiger partial charge in [0.15, 0.2) is 0 Å². The summed E-state index contributed by atoms with van der Waals surface area (Å²) in [5.74, 6) is 3.26. The van der Waals surface area contributed by atoms with E-state index in [9.17, 15) is 34.1 Å². The van der Waals surface area contributed by atoms with Crippen LogP contribution < -0.4 is 26.0 Å². The molecule has 2 aromatic rings. The molecule has 0 aromatic heterocycles. The third kappa shape index (κ3) is 13.9. The summed E-state index contributed by atoms with van der Waals surface area (Å²) in [6.07, 6.45) is 16.6. The van der Waals surface area contributed by atoms with Gasteiger partial charge in [0.05, 0.1) is 11.0 Å². The lowest BCUT2D eigenvalue weighted by molar-refractivity contribution is -0.384. The number of carbonyl (C=O) groups excluding carboxylic acids is 5. The fourth-order valence-electron chi connectivity index (χ4n) is 12.3. The number of allylic oxidation sites excluding steroid dienone is 1. The van der Waals surface area contributed by atoms with E-state index in [1.54, 1.807) is 29.8 Å². The first-order valence-electron chi connectivity index (χ1n) is 25.5. The van der Waals surface area contributed by atoms with Crippen molar-refractivity contribution in [2.75, 3.05) is 18.5 Å². The maximum atomic E-state index is 12.8. The molecule has 0 bridgehead atoms. The molecule has 6 rings (SSSR count). The molecule has 4 aliphatic rings. The van der Waals surface area contributed by atoms with Crippen LogP contribution in [0.1, 0.15) is 144 Å². The summed E-state index contributed by atoms with van der Waals surface area (Å²) in [7, 11) is 0. The van der Waals surface area contributed by atoms with Gasteiger partial charge in [0, 0.05) is 43.8 Å². The van der Waals surface area contributed by atoms with Gasteiger partial charge >= 0.3 is 6.16 Å². The number of carbonyl (C=O) groups is 5. The Bertz CT molecular complexity index is 2140. The molecule has 4 aliphatic carbocycles. The Morgan fingerprint density at radius 2 is 1.51 bits per heavy atom. The topological polar surface area (TPSA) is 204 Å². The molecule has 15 heteroatoms. The van der Waals surface area contributed by atoms with Gasteiger partial charge in [-0.2, -0.15) is 0 Å². The molecule has 0 aliphatic heterocycles. The predicted molar refractivity (Wildman–Crippen MR) is 264 cm³/mol. The van der Waals surface area contributed by atoms with Crippen LogP contribution in [0.25, 0.3) is 0 Å². The van der Waals surface area contributed by atoms with Crippen molar-refractivity contribution in [1.29, 1.82) is 0 Å². The van der Waals surface area contributed by atoms with Crippen molar-refractivity contribution in [2.45, 2.75) is 163 Å². The Labute approximate surface area is 408 Å². The highest BCUT2D eigenvalue weighted by Crippen LogP contribution is 2.67. The van der Waals surface area contributed by atoms with Crippen LogP contribution in [-0.2, 0) is 35.3 Å². The number of rotatable bonds is 22. The molecule has 15 nitrogen and oxygen atoms in total. The quantitative estimate of drug-likeness (QED) is 0.0220. The van der Waals surface area contributed by atoms with E-state index in [1.807, 2.05) is 0 Å². The SMILES string of the molecule is CC(C)CCC[C@@H](C)[C@H]1CCC2[C@@H]3CC=C4C[C@@H](OCCCNC(=O)CCC(=O)N[C@@H](C)C(=O)N[C@@H](C)C(=O)Nc5ccc(COC(=O)Oc6ccc([N+](=O)[O-])cc6)cc5)CC[C@]4(C)[C@H]3CC[C@@]21C. The number of non-ortho nitro benzene ring substituents is 1. The minimum atomic E-state index is -0.995. The average molecular weight is 956 g/mol. The van der Waals surface area contributed by atoms with Crippen LogP contribution in [0.15, 0.2) is 60.2 Å². The first kappa shape index (κ1) is 53.0. The zero-order valence-electron chi connectivity index (χ0n) is 41.9. The number of hydrogen-bond acceptors (Lipinski definition) is 10. The van der Waals surface area contributed by atoms with Gasteiger partial charge in [-0.05, 0) is 148 Å². The number of hydrogen-bond donors (Lipinski definition) is 4. The molecule has 378 valence electrons. The Morgan fingerprint density at radius 1 is 0.797 bits per heavy atom. The number of benzene rings is 2. The van der Waals surface area contributed by atoms with E-state index in [0.717, 1.165) is 48.3 Å². The van der Waals surface area contributed by atoms with Gasteiger partial charge in [-0.1, -0.05) is 77.7 Å². The molecule has 4 amide bonds. The monoisotopic (exact) mass is 956 g/mol.